The van der Waals surface area contributed by atoms with E-state index in [-0.39, 0.29) is 0 Å². The van der Waals surface area contributed by atoms with E-state index in [4.69, 9.17) is 0 Å². The number of nitrogens with two attached hydrogens (primary N) is 7. The minimum absolute atomic E-state index is 0.667. The molecule has 7 nitrogen and oxygen atoms in total. The van der Waals surface area contributed by atoms with Crippen molar-refractivity contribution in [3.63, 3.8) is 0 Å². The predicted octanol–water partition coefficient (Wildman–Crippen LogP) is -4.42. The van der Waals surface area contributed by atoms with Crippen LogP contribution in [0.4, 0.5) is 0 Å². The summed E-state index contributed by atoms with van der Waals surface area (Å²) in [6, 6.07) is 0. The highest BCUT2D eigenvalue weighted by molar-refractivity contribution is 4.51. The highest BCUT2D eigenvalue weighted by atomic mass is 15.2. The van der Waals surface area contributed by atoms with Crippen LogP contribution in [0.3, 0.4) is 0 Å². The largest absolute Gasteiger partial charge is 0.304 e. The van der Waals surface area contributed by atoms with Gasteiger partial charge in [0.15, 0.2) is 5.91 Å². The molecule has 0 rings (SSSR count). The van der Waals surface area contributed by atoms with Crippen molar-refractivity contribution in [2.45, 2.75) is 12.2 Å². The van der Waals surface area contributed by atoms with E-state index in [1.165, 1.54) is 0 Å². The van der Waals surface area contributed by atoms with Gasteiger partial charge < -0.3 is 17.2 Å². The summed E-state index contributed by atoms with van der Waals surface area (Å²) in [5, 5.41) is 0. The maximum Gasteiger partial charge on any atom is 0.171 e. The lowest BCUT2D eigenvalue weighted by Crippen LogP contribution is -2.65. The van der Waals surface area contributed by atoms with Crippen LogP contribution in [-0.2, 0) is 0 Å². The van der Waals surface area contributed by atoms with Gasteiger partial charge in [0.25, 0.3) is 0 Å². The third kappa shape index (κ3) is 3220. The molecule has 0 aliphatic rings. The van der Waals surface area contributed by atoms with Gasteiger partial charge in [0.2, 0.25) is 0 Å². The molecule has 0 aromatic carbocycles. The van der Waals surface area contributed by atoms with E-state index < -0.39 is 12.2 Å². The third-order valence-electron chi connectivity index (χ3n) is 0. The Bertz CT molecular complexity index is 43.7. The molecule has 0 saturated heterocycles. The molecule has 0 fully saturated rings. The molecule has 0 saturated carbocycles. The molecule has 14 N–H and O–H groups in total. The first-order valence-electron chi connectivity index (χ1n) is 2.15. The number of rotatable bonds is 0. The Labute approximate surface area is 53.5 Å². The average molecular weight is 137 g/mol. The van der Waals surface area contributed by atoms with Crippen molar-refractivity contribution in [2.24, 2.45) is 40.1 Å². The van der Waals surface area contributed by atoms with Gasteiger partial charge in [-0.05, 0) is 0 Å². The maximum absolute atomic E-state index is 4.69. The van der Waals surface area contributed by atoms with Gasteiger partial charge in [-0.2, -0.15) is 0 Å². The van der Waals surface area contributed by atoms with Crippen LogP contribution < -0.4 is 40.1 Å². The van der Waals surface area contributed by atoms with Crippen molar-refractivity contribution in [2.75, 3.05) is 0 Å². The van der Waals surface area contributed by atoms with Gasteiger partial charge in [0.1, 0.15) is 6.29 Å². The minimum atomic E-state index is -1.50. The van der Waals surface area contributed by atoms with Crippen LogP contribution in [0.25, 0.3) is 0 Å². The molecule has 0 atom stereocenters. The lowest BCUT2D eigenvalue weighted by molar-refractivity contribution is 0.484. The van der Waals surface area contributed by atoms with Crippen LogP contribution in [0.1, 0.15) is 0 Å². The first kappa shape index (κ1) is 11.5. The second-order valence-corrected chi connectivity index (χ2v) is 1.58. The molecular formula is C2H15N7. The van der Waals surface area contributed by atoms with Crippen LogP contribution in [0.2, 0.25) is 0 Å². The fraction of sp³-hybridized carbons (Fsp3) is 1.00. The molecule has 0 heterocycles. The zero-order valence-corrected chi connectivity index (χ0v) is 5.12. The molecule has 9 heavy (non-hydrogen) atoms. The minimum Gasteiger partial charge on any atom is -0.304 e. The molecule has 0 radical (unpaired) electrons. The Hall–Kier alpha value is -0.280. The predicted molar refractivity (Wildman–Crippen MR) is 35.8 cm³/mol. The van der Waals surface area contributed by atoms with E-state index in [2.05, 4.69) is 40.1 Å². The smallest absolute Gasteiger partial charge is 0.171 e. The molecule has 7 heteroatoms. The Morgan fingerprint density at radius 2 is 0.778 bits per heavy atom. The Kier molecular flexibility index (Phi) is 5.86. The lowest BCUT2D eigenvalue weighted by atomic mass is 10.8. The molecule has 0 aliphatic heterocycles. The van der Waals surface area contributed by atoms with Gasteiger partial charge in [-0.15, -0.1) is 0 Å². The zero-order valence-electron chi connectivity index (χ0n) is 5.12. The molecule has 0 aliphatic carbocycles. The highest BCUT2D eigenvalue weighted by Crippen LogP contribution is 1.43. The molecular weight excluding hydrogens is 122 g/mol. The SMILES string of the molecule is NC(N)(N)N.NC(N)N. The first-order chi connectivity index (χ1) is 3.73. The van der Waals surface area contributed by atoms with E-state index in [9.17, 15) is 0 Å². The molecule has 0 spiro atoms. The van der Waals surface area contributed by atoms with Crippen LogP contribution >= 0.6 is 0 Å². The summed E-state index contributed by atoms with van der Waals surface area (Å²) in [6.45, 7) is 0. The quantitative estimate of drug-likeness (QED) is 0.164. The molecule has 58 valence electrons. The van der Waals surface area contributed by atoms with Gasteiger partial charge in [-0.3, -0.25) is 22.9 Å². The Balaban J connectivity index is 0. The maximum atomic E-state index is 4.69. The van der Waals surface area contributed by atoms with Crippen molar-refractivity contribution in [3.05, 3.63) is 0 Å². The van der Waals surface area contributed by atoms with Crippen LogP contribution in [0.5, 0.6) is 0 Å². The van der Waals surface area contributed by atoms with Crippen LogP contribution in [-0.4, -0.2) is 12.2 Å². The van der Waals surface area contributed by atoms with Crippen LogP contribution in [0, 0.1) is 0 Å². The van der Waals surface area contributed by atoms with Crippen molar-refractivity contribution in [1.82, 2.24) is 0 Å². The van der Waals surface area contributed by atoms with Gasteiger partial charge in [-0.1, -0.05) is 0 Å². The molecule has 0 aromatic heterocycles. The summed E-state index contributed by atoms with van der Waals surface area (Å²) in [7, 11) is 0. The fourth-order valence-corrected chi connectivity index (χ4v) is 0. The Morgan fingerprint density at radius 1 is 0.778 bits per heavy atom. The molecule has 0 unspecified atom stereocenters. The first-order valence-corrected chi connectivity index (χ1v) is 2.15. The van der Waals surface area contributed by atoms with Gasteiger partial charge in [0, 0.05) is 0 Å². The van der Waals surface area contributed by atoms with E-state index >= 15 is 0 Å². The van der Waals surface area contributed by atoms with Gasteiger partial charge in [-0.25, -0.2) is 0 Å². The standard InChI is InChI=1S/CH8N4.CH7N3/c2-1(3,4)5;2-1(3)4/h2-5H2;1H,2-4H2. The summed E-state index contributed by atoms with van der Waals surface area (Å²) < 4.78 is 0. The van der Waals surface area contributed by atoms with Crippen molar-refractivity contribution < 1.29 is 0 Å². The molecule has 0 bridgehead atoms. The molecule has 0 amide bonds. The van der Waals surface area contributed by atoms with Crippen molar-refractivity contribution in [1.29, 1.82) is 0 Å². The summed E-state index contributed by atoms with van der Waals surface area (Å²) in [6.07, 6.45) is -0.667. The highest BCUT2D eigenvalue weighted by Gasteiger charge is 1.96. The van der Waals surface area contributed by atoms with E-state index in [0.717, 1.165) is 0 Å². The Morgan fingerprint density at radius 3 is 0.778 bits per heavy atom. The summed E-state index contributed by atoms with van der Waals surface area (Å²) in [5.74, 6) is -1.50. The average Bonchev–Trinajstić information content (AvgIpc) is 1.19. The lowest BCUT2D eigenvalue weighted by Gasteiger charge is -2.07. The van der Waals surface area contributed by atoms with E-state index in [0.29, 0.717) is 0 Å². The van der Waals surface area contributed by atoms with Gasteiger partial charge >= 0.3 is 0 Å². The second-order valence-electron chi connectivity index (χ2n) is 1.58. The molecule has 0 aromatic rings. The summed E-state index contributed by atoms with van der Waals surface area (Å²) >= 11 is 0. The topological polar surface area (TPSA) is 182 Å². The second kappa shape index (κ2) is 4.58. The number of hydrogen-bond acceptors (Lipinski definition) is 7. The number of hydrogen-bond donors (Lipinski definition) is 7. The fourth-order valence-electron chi connectivity index (χ4n) is 0. The monoisotopic (exact) mass is 137 g/mol. The van der Waals surface area contributed by atoms with E-state index in [1.54, 1.807) is 0 Å². The summed E-state index contributed by atoms with van der Waals surface area (Å²) in [5.41, 5.74) is 32.8. The van der Waals surface area contributed by atoms with Crippen molar-refractivity contribution in [3.8, 4) is 0 Å². The van der Waals surface area contributed by atoms with Crippen LogP contribution in [0.15, 0.2) is 0 Å². The zero-order chi connectivity index (χ0) is 8.08. The normalized spacial score (nSPS) is 10.7. The van der Waals surface area contributed by atoms with Gasteiger partial charge in [0.05, 0.1) is 0 Å². The summed E-state index contributed by atoms with van der Waals surface area (Å²) in [4.78, 5) is 0. The van der Waals surface area contributed by atoms with Crippen molar-refractivity contribution >= 4 is 0 Å². The van der Waals surface area contributed by atoms with E-state index in [1.807, 2.05) is 0 Å². The third-order valence-corrected chi connectivity index (χ3v) is 0.